The lowest BCUT2D eigenvalue weighted by atomic mass is 9.83. The molecule has 2 atom stereocenters. The quantitative estimate of drug-likeness (QED) is 0.570. The van der Waals surface area contributed by atoms with Gasteiger partial charge in [0.25, 0.3) is 5.69 Å². The van der Waals surface area contributed by atoms with Gasteiger partial charge in [0.1, 0.15) is 0 Å². The van der Waals surface area contributed by atoms with Crippen molar-refractivity contribution in [3.8, 4) is 0 Å². The van der Waals surface area contributed by atoms with Crippen molar-refractivity contribution in [3.05, 3.63) is 38.9 Å². The second-order valence-electron chi connectivity index (χ2n) is 5.85. The van der Waals surface area contributed by atoms with Crippen molar-refractivity contribution in [2.45, 2.75) is 46.6 Å². The van der Waals surface area contributed by atoms with Gasteiger partial charge in [-0.2, -0.15) is 0 Å². The fourth-order valence-corrected chi connectivity index (χ4v) is 2.92. The Bertz CT molecular complexity index is 477. The molecular weight excluding hydrogens is 288 g/mol. The molecule has 0 aliphatic carbocycles. The summed E-state index contributed by atoms with van der Waals surface area (Å²) in [5, 5.41) is 15.2. The third-order valence-electron chi connectivity index (χ3n) is 3.95. The number of halogens is 1. The van der Waals surface area contributed by atoms with Gasteiger partial charge in [-0.1, -0.05) is 38.4 Å². The highest BCUT2D eigenvalue weighted by molar-refractivity contribution is 6.31. The average Bonchev–Trinajstić information content (AvgIpc) is 2.42. The summed E-state index contributed by atoms with van der Waals surface area (Å²) in [5.74, 6) is 0.718. The van der Waals surface area contributed by atoms with Crippen molar-refractivity contribution < 1.29 is 4.92 Å². The minimum atomic E-state index is -0.345. The van der Waals surface area contributed by atoms with E-state index >= 15 is 0 Å². The molecule has 0 saturated heterocycles. The Labute approximate surface area is 132 Å². The number of hydrogen-bond donors (Lipinski definition) is 1. The maximum Gasteiger partial charge on any atom is 0.274 e. The van der Waals surface area contributed by atoms with E-state index in [0.717, 1.165) is 13.0 Å². The number of nitrogens with one attached hydrogen (secondary N) is 1. The fraction of sp³-hybridized carbons (Fsp3) is 0.625. The topological polar surface area (TPSA) is 55.2 Å². The van der Waals surface area contributed by atoms with Crippen LogP contribution in [0.25, 0.3) is 0 Å². The molecule has 1 aromatic rings. The van der Waals surface area contributed by atoms with Crippen LogP contribution in [-0.2, 0) is 6.42 Å². The van der Waals surface area contributed by atoms with Crippen LogP contribution in [-0.4, -0.2) is 17.5 Å². The number of benzene rings is 1. The smallest absolute Gasteiger partial charge is 0.274 e. The molecule has 4 nitrogen and oxygen atoms in total. The first kappa shape index (κ1) is 17.9. The zero-order valence-electron chi connectivity index (χ0n) is 13.2. The van der Waals surface area contributed by atoms with E-state index in [4.69, 9.17) is 11.6 Å². The summed E-state index contributed by atoms with van der Waals surface area (Å²) in [5.41, 5.74) is 0.767. The lowest BCUT2D eigenvalue weighted by molar-refractivity contribution is -0.385. The Morgan fingerprint density at radius 1 is 1.33 bits per heavy atom. The summed E-state index contributed by atoms with van der Waals surface area (Å²) in [6.45, 7) is 9.52. The summed E-state index contributed by atoms with van der Waals surface area (Å²) in [7, 11) is 0. The highest BCUT2D eigenvalue weighted by atomic mass is 35.5. The van der Waals surface area contributed by atoms with Gasteiger partial charge in [0.15, 0.2) is 0 Å². The molecule has 0 spiro atoms. The van der Waals surface area contributed by atoms with Crippen molar-refractivity contribution in [1.82, 2.24) is 5.32 Å². The summed E-state index contributed by atoms with van der Waals surface area (Å²) in [6, 6.07) is 5.18. The molecule has 0 saturated carbocycles. The minimum absolute atomic E-state index is 0.121. The molecule has 0 amide bonds. The molecule has 2 unspecified atom stereocenters. The molecule has 5 heteroatoms. The first-order valence-corrected chi connectivity index (χ1v) is 7.91. The van der Waals surface area contributed by atoms with Crippen molar-refractivity contribution in [2.75, 3.05) is 6.54 Å². The highest BCUT2D eigenvalue weighted by Gasteiger charge is 2.26. The predicted octanol–water partition coefficient (Wildman–Crippen LogP) is 4.45. The van der Waals surface area contributed by atoms with E-state index in [0.29, 0.717) is 34.9 Å². The van der Waals surface area contributed by atoms with Crippen molar-refractivity contribution in [1.29, 1.82) is 0 Å². The van der Waals surface area contributed by atoms with Crippen LogP contribution in [0.1, 0.15) is 39.7 Å². The first-order chi connectivity index (χ1) is 9.88. The first-order valence-electron chi connectivity index (χ1n) is 7.53. The van der Waals surface area contributed by atoms with Crippen LogP contribution in [0.15, 0.2) is 18.2 Å². The molecule has 21 heavy (non-hydrogen) atoms. The van der Waals surface area contributed by atoms with E-state index in [9.17, 15) is 10.1 Å². The van der Waals surface area contributed by atoms with Crippen LogP contribution in [0.4, 0.5) is 5.69 Å². The Hall–Kier alpha value is -1.13. The molecule has 1 aromatic carbocycles. The van der Waals surface area contributed by atoms with Crippen molar-refractivity contribution in [2.24, 2.45) is 11.8 Å². The van der Waals surface area contributed by atoms with Gasteiger partial charge in [0, 0.05) is 17.7 Å². The highest BCUT2D eigenvalue weighted by Crippen LogP contribution is 2.31. The van der Waals surface area contributed by atoms with Crippen LogP contribution in [0, 0.1) is 22.0 Å². The van der Waals surface area contributed by atoms with Gasteiger partial charge >= 0.3 is 0 Å². The molecule has 0 aromatic heterocycles. The van der Waals surface area contributed by atoms with Gasteiger partial charge in [0.2, 0.25) is 0 Å². The average molecular weight is 313 g/mol. The minimum Gasteiger partial charge on any atom is -0.314 e. The normalized spacial score (nSPS) is 14.2. The monoisotopic (exact) mass is 312 g/mol. The summed E-state index contributed by atoms with van der Waals surface area (Å²) in [6.07, 6.45) is 1.69. The predicted molar refractivity (Wildman–Crippen MR) is 87.9 cm³/mol. The lowest BCUT2D eigenvalue weighted by Gasteiger charge is -2.28. The fourth-order valence-electron chi connectivity index (χ4n) is 2.67. The van der Waals surface area contributed by atoms with Crippen LogP contribution in [0.3, 0.4) is 0 Å². The van der Waals surface area contributed by atoms with Gasteiger partial charge in [0.05, 0.1) is 9.95 Å². The molecule has 0 aliphatic rings. The van der Waals surface area contributed by atoms with E-state index in [1.807, 2.05) is 0 Å². The molecule has 0 heterocycles. The molecule has 0 fully saturated rings. The molecule has 118 valence electrons. The standard InChI is InChI=1S/C16H25ClN2O2/c1-5-9-18-12(4)13(11(2)3)10-14-15(17)7-6-8-16(14)19(20)21/h6-8,11-13,18H,5,9-10H2,1-4H3. The maximum absolute atomic E-state index is 11.2. The molecule has 0 aliphatic heterocycles. The van der Waals surface area contributed by atoms with Gasteiger partial charge in [-0.25, -0.2) is 0 Å². The molecule has 0 bridgehead atoms. The van der Waals surface area contributed by atoms with Gasteiger partial charge in [-0.15, -0.1) is 0 Å². The summed E-state index contributed by atoms with van der Waals surface area (Å²) < 4.78 is 0. The zero-order chi connectivity index (χ0) is 16.0. The maximum atomic E-state index is 11.2. The van der Waals surface area contributed by atoms with Crippen LogP contribution >= 0.6 is 11.6 Å². The number of nitrogens with zero attached hydrogens (tertiary/aromatic N) is 1. The van der Waals surface area contributed by atoms with E-state index in [1.54, 1.807) is 12.1 Å². The number of nitro groups is 1. The van der Waals surface area contributed by atoms with Crippen LogP contribution in [0.2, 0.25) is 5.02 Å². The second kappa shape index (κ2) is 8.35. The lowest BCUT2D eigenvalue weighted by Crippen LogP contribution is -2.38. The van der Waals surface area contributed by atoms with E-state index in [1.165, 1.54) is 6.07 Å². The van der Waals surface area contributed by atoms with Gasteiger partial charge < -0.3 is 5.32 Å². The van der Waals surface area contributed by atoms with Gasteiger partial charge in [-0.05, 0) is 44.2 Å². The SMILES string of the molecule is CCCNC(C)C(Cc1c(Cl)cccc1[N+](=O)[O-])C(C)C. The summed E-state index contributed by atoms with van der Waals surface area (Å²) in [4.78, 5) is 10.9. The molecule has 1 N–H and O–H groups in total. The Morgan fingerprint density at radius 2 is 2.00 bits per heavy atom. The van der Waals surface area contributed by atoms with E-state index in [2.05, 4.69) is 33.0 Å². The van der Waals surface area contributed by atoms with E-state index in [-0.39, 0.29) is 10.6 Å². The largest absolute Gasteiger partial charge is 0.314 e. The third kappa shape index (κ3) is 4.97. The Balaban J connectivity index is 3.02. The van der Waals surface area contributed by atoms with Gasteiger partial charge in [-0.3, -0.25) is 10.1 Å². The van der Waals surface area contributed by atoms with Crippen LogP contribution < -0.4 is 5.32 Å². The number of hydrogen-bond acceptors (Lipinski definition) is 3. The van der Waals surface area contributed by atoms with Crippen LogP contribution in [0.5, 0.6) is 0 Å². The summed E-state index contributed by atoms with van der Waals surface area (Å²) >= 11 is 6.21. The second-order valence-corrected chi connectivity index (χ2v) is 6.26. The molecular formula is C16H25ClN2O2. The Morgan fingerprint density at radius 3 is 2.52 bits per heavy atom. The third-order valence-corrected chi connectivity index (χ3v) is 4.30. The van der Waals surface area contributed by atoms with Crippen molar-refractivity contribution >= 4 is 17.3 Å². The molecule has 1 rings (SSSR count). The number of nitro benzene ring substituents is 1. The van der Waals surface area contributed by atoms with Crippen molar-refractivity contribution in [3.63, 3.8) is 0 Å². The van der Waals surface area contributed by atoms with E-state index < -0.39 is 0 Å². The zero-order valence-corrected chi connectivity index (χ0v) is 14.0. The number of rotatable bonds is 8. The Kier molecular flexibility index (Phi) is 7.12. The molecule has 0 radical (unpaired) electrons.